The molecule has 202 valence electrons. The molecule has 1 aliphatic rings. The molecule has 0 aliphatic carbocycles. The summed E-state index contributed by atoms with van der Waals surface area (Å²) >= 11 is 0. The Kier molecular flexibility index (Phi) is 9.26. The molecular weight excluding hydrogens is 482 g/mol. The van der Waals surface area contributed by atoms with Crippen molar-refractivity contribution in [3.63, 3.8) is 0 Å². The van der Waals surface area contributed by atoms with Crippen molar-refractivity contribution < 1.29 is 28.8 Å². The van der Waals surface area contributed by atoms with Crippen LogP contribution < -0.4 is 14.2 Å². The summed E-state index contributed by atoms with van der Waals surface area (Å²) in [7, 11) is 4.98. The predicted octanol–water partition coefficient (Wildman–Crippen LogP) is 4.86. The van der Waals surface area contributed by atoms with Gasteiger partial charge in [-0.25, -0.2) is 0 Å². The second-order valence-electron chi connectivity index (χ2n) is 9.62. The number of carboxylic acids is 1. The highest BCUT2D eigenvalue weighted by Crippen LogP contribution is 2.41. The number of methoxy groups -OCH3 is 3. The van der Waals surface area contributed by atoms with Crippen LogP contribution in [0.4, 0.5) is 0 Å². The number of carboxylic acid groups (broad SMARTS) is 1. The Morgan fingerprint density at radius 1 is 0.816 bits per heavy atom. The van der Waals surface area contributed by atoms with Gasteiger partial charge < -0.3 is 29.0 Å². The molecule has 1 saturated heterocycles. The van der Waals surface area contributed by atoms with E-state index < -0.39 is 11.4 Å². The molecule has 4 rings (SSSR count). The molecule has 1 fully saturated rings. The normalized spacial score (nSPS) is 16.1. The molecule has 3 aromatic carbocycles. The second-order valence-corrected chi connectivity index (χ2v) is 9.62. The van der Waals surface area contributed by atoms with Gasteiger partial charge in [-0.3, -0.25) is 4.79 Å². The number of likely N-dealkylation sites (tertiary alicyclic amines) is 1. The van der Waals surface area contributed by atoms with Crippen LogP contribution in [0.2, 0.25) is 0 Å². The van der Waals surface area contributed by atoms with Crippen molar-refractivity contribution in [3.05, 3.63) is 89.5 Å². The third-order valence-electron chi connectivity index (χ3n) is 7.47. The summed E-state index contributed by atoms with van der Waals surface area (Å²) in [6.07, 6.45) is 1.63. The molecule has 0 saturated carbocycles. The summed E-state index contributed by atoms with van der Waals surface area (Å²) in [5.74, 6) is 1.33. The molecule has 0 spiro atoms. The zero-order chi connectivity index (χ0) is 27.0. The van der Waals surface area contributed by atoms with Crippen molar-refractivity contribution in [1.29, 1.82) is 0 Å². The van der Waals surface area contributed by atoms with Crippen LogP contribution in [0.3, 0.4) is 0 Å². The van der Waals surface area contributed by atoms with E-state index in [9.17, 15) is 9.90 Å². The fraction of sp³-hybridized carbons (Fsp3) is 0.387. The molecule has 1 N–H and O–H groups in total. The lowest BCUT2D eigenvalue weighted by molar-refractivity contribution is -0.143. The maximum Gasteiger partial charge on any atom is 0.307 e. The number of hydrogen-bond acceptors (Lipinski definition) is 6. The molecule has 1 aliphatic heterocycles. The average molecular weight is 520 g/mol. The van der Waals surface area contributed by atoms with Crippen molar-refractivity contribution in [2.24, 2.45) is 5.92 Å². The zero-order valence-corrected chi connectivity index (χ0v) is 22.4. The molecule has 7 heteroatoms. The van der Waals surface area contributed by atoms with Gasteiger partial charge in [0.1, 0.15) is 17.2 Å². The van der Waals surface area contributed by atoms with Crippen LogP contribution in [-0.2, 0) is 14.9 Å². The van der Waals surface area contributed by atoms with Gasteiger partial charge in [0.25, 0.3) is 0 Å². The first-order chi connectivity index (χ1) is 18.5. The number of ether oxygens (including phenoxy) is 4. The molecule has 0 bridgehead atoms. The highest BCUT2D eigenvalue weighted by atomic mass is 16.5. The third-order valence-corrected chi connectivity index (χ3v) is 7.47. The van der Waals surface area contributed by atoms with Crippen LogP contribution >= 0.6 is 0 Å². The number of rotatable bonds is 12. The summed E-state index contributed by atoms with van der Waals surface area (Å²) in [5, 5.41) is 9.44. The van der Waals surface area contributed by atoms with Gasteiger partial charge in [-0.05, 0) is 72.5 Å². The highest BCUT2D eigenvalue weighted by Gasteiger charge is 2.37. The first-order valence-electron chi connectivity index (χ1n) is 13.0. The van der Waals surface area contributed by atoms with Crippen molar-refractivity contribution >= 4 is 5.97 Å². The summed E-state index contributed by atoms with van der Waals surface area (Å²) in [6, 6.07) is 24.3. The summed E-state index contributed by atoms with van der Waals surface area (Å²) in [5.41, 5.74) is 2.59. The molecule has 1 heterocycles. The summed E-state index contributed by atoms with van der Waals surface area (Å²) in [6.45, 7) is 3.05. The van der Waals surface area contributed by atoms with E-state index in [1.54, 1.807) is 21.3 Å². The molecule has 7 nitrogen and oxygen atoms in total. The first kappa shape index (κ1) is 27.5. The van der Waals surface area contributed by atoms with Crippen LogP contribution in [0, 0.1) is 5.92 Å². The van der Waals surface area contributed by atoms with E-state index in [0.717, 1.165) is 53.3 Å². The van der Waals surface area contributed by atoms with Gasteiger partial charge in [-0.1, -0.05) is 36.4 Å². The Hall–Kier alpha value is -3.55. The molecule has 3 aromatic rings. The number of piperidine rings is 1. The minimum atomic E-state index is -0.715. The SMILES string of the molecule is COc1ccc(C(COCCN2CCC[C@H](C(=O)O)C2)(c2ccc(OC)cc2)c2ccc(OC)cc2)cc1. The molecular formula is C31H37NO6. The Bertz CT molecular complexity index is 1040. The molecule has 0 amide bonds. The van der Waals surface area contributed by atoms with Gasteiger partial charge >= 0.3 is 5.97 Å². The molecule has 38 heavy (non-hydrogen) atoms. The fourth-order valence-electron chi connectivity index (χ4n) is 5.26. The van der Waals surface area contributed by atoms with Crippen molar-refractivity contribution in [2.45, 2.75) is 18.3 Å². The van der Waals surface area contributed by atoms with E-state index in [-0.39, 0.29) is 5.92 Å². The molecule has 0 unspecified atom stereocenters. The largest absolute Gasteiger partial charge is 0.497 e. The smallest absolute Gasteiger partial charge is 0.307 e. The monoisotopic (exact) mass is 519 g/mol. The number of aliphatic carboxylic acids is 1. The van der Waals surface area contributed by atoms with Crippen LogP contribution in [0.25, 0.3) is 0 Å². The van der Waals surface area contributed by atoms with E-state index in [0.29, 0.717) is 26.3 Å². The van der Waals surface area contributed by atoms with Crippen LogP contribution in [-0.4, -0.2) is 70.2 Å². The standard InChI is InChI=1S/C31H37NO6/c1-35-27-12-6-24(7-13-27)31(25-8-14-28(36-2)15-9-25,26-10-16-29(37-3)17-11-26)22-38-20-19-32-18-4-5-23(21-32)30(33)34/h6-17,23H,4-5,18-22H2,1-3H3,(H,33,34)/t23-/m0/s1. The zero-order valence-electron chi connectivity index (χ0n) is 22.4. The van der Waals surface area contributed by atoms with E-state index in [2.05, 4.69) is 41.3 Å². The van der Waals surface area contributed by atoms with Crippen LogP contribution in [0.1, 0.15) is 29.5 Å². The van der Waals surface area contributed by atoms with Gasteiger partial charge in [0.05, 0.1) is 45.9 Å². The quantitative estimate of drug-likeness (QED) is 0.271. The van der Waals surface area contributed by atoms with Crippen molar-refractivity contribution in [1.82, 2.24) is 4.90 Å². The summed E-state index contributed by atoms with van der Waals surface area (Å²) < 4.78 is 22.7. The van der Waals surface area contributed by atoms with Crippen molar-refractivity contribution in [3.8, 4) is 17.2 Å². The molecule has 0 aromatic heterocycles. The number of nitrogens with zero attached hydrogens (tertiary/aromatic N) is 1. The fourth-order valence-corrected chi connectivity index (χ4v) is 5.26. The lowest BCUT2D eigenvalue weighted by Crippen LogP contribution is -2.41. The average Bonchev–Trinajstić information content (AvgIpc) is 2.98. The Balaban J connectivity index is 1.67. The van der Waals surface area contributed by atoms with Gasteiger partial charge in [-0.2, -0.15) is 0 Å². The Morgan fingerprint density at radius 3 is 1.66 bits per heavy atom. The lowest BCUT2D eigenvalue weighted by Gasteiger charge is -2.36. The second kappa shape index (κ2) is 12.8. The third kappa shape index (κ3) is 6.11. The van der Waals surface area contributed by atoms with Gasteiger partial charge in [0, 0.05) is 13.1 Å². The molecule has 1 atom stereocenters. The highest BCUT2D eigenvalue weighted by molar-refractivity contribution is 5.70. The van der Waals surface area contributed by atoms with E-state index >= 15 is 0 Å². The van der Waals surface area contributed by atoms with E-state index in [4.69, 9.17) is 18.9 Å². The maximum atomic E-state index is 11.5. The number of hydrogen-bond donors (Lipinski definition) is 1. The van der Waals surface area contributed by atoms with Crippen molar-refractivity contribution in [2.75, 3.05) is 54.2 Å². The van der Waals surface area contributed by atoms with Crippen LogP contribution in [0.15, 0.2) is 72.8 Å². The maximum absolute atomic E-state index is 11.5. The first-order valence-corrected chi connectivity index (χ1v) is 13.0. The predicted molar refractivity (Wildman–Crippen MR) is 146 cm³/mol. The topological polar surface area (TPSA) is 77.5 Å². The lowest BCUT2D eigenvalue weighted by atomic mass is 9.70. The minimum absolute atomic E-state index is 0.305. The van der Waals surface area contributed by atoms with Crippen LogP contribution in [0.5, 0.6) is 17.2 Å². The minimum Gasteiger partial charge on any atom is -0.497 e. The van der Waals surface area contributed by atoms with E-state index in [1.807, 2.05) is 36.4 Å². The number of carbonyl (C=O) groups is 1. The van der Waals surface area contributed by atoms with E-state index in [1.165, 1.54) is 0 Å². The Morgan fingerprint density at radius 2 is 1.26 bits per heavy atom. The van der Waals surface area contributed by atoms with Gasteiger partial charge in [0.15, 0.2) is 0 Å². The molecule has 0 radical (unpaired) electrons. The Labute approximate surface area is 224 Å². The van der Waals surface area contributed by atoms with Gasteiger partial charge in [-0.15, -0.1) is 0 Å². The summed E-state index contributed by atoms with van der Waals surface area (Å²) in [4.78, 5) is 13.7. The number of benzene rings is 3. The van der Waals surface area contributed by atoms with Gasteiger partial charge in [0.2, 0.25) is 0 Å².